The lowest BCUT2D eigenvalue weighted by Crippen LogP contribution is -2.30. The highest BCUT2D eigenvalue weighted by Crippen LogP contribution is 2.06. The Hall–Kier alpha value is -1.98. The number of nitrogens with zero attached hydrogens (tertiary/aromatic N) is 6. The molecule has 2 aromatic rings. The normalized spacial score (nSPS) is 12.1. The molecule has 0 spiro atoms. The average Bonchev–Trinajstić information content (AvgIpc) is 2.63. The van der Waals surface area contributed by atoms with E-state index in [0.717, 1.165) is 5.52 Å². The molecule has 0 aromatic carbocycles. The number of fused-ring (bicyclic) bond motifs is 1. The highest BCUT2D eigenvalue weighted by molar-refractivity contribution is 5.88. The molecule has 6 heteroatoms. The van der Waals surface area contributed by atoms with Gasteiger partial charge in [-0.1, -0.05) is 5.21 Å². The second-order valence-corrected chi connectivity index (χ2v) is 3.27. The van der Waals surface area contributed by atoms with Crippen molar-refractivity contribution in [3.8, 4) is 0 Å². The van der Waals surface area contributed by atoms with E-state index in [4.69, 9.17) is 0 Å². The zero-order valence-electron chi connectivity index (χ0n) is 8.92. The summed E-state index contributed by atoms with van der Waals surface area (Å²) in [5.74, 6) is 0.705. The van der Waals surface area contributed by atoms with Crippen molar-refractivity contribution in [1.82, 2.24) is 24.9 Å². The second-order valence-electron chi connectivity index (χ2n) is 3.27. The summed E-state index contributed by atoms with van der Waals surface area (Å²) in [6.45, 7) is 0. The third-order valence-corrected chi connectivity index (χ3v) is 2.00. The zero-order valence-corrected chi connectivity index (χ0v) is 8.92. The van der Waals surface area contributed by atoms with Crippen LogP contribution in [0.5, 0.6) is 0 Å². The van der Waals surface area contributed by atoms with Crippen LogP contribution in [0, 0.1) is 0 Å². The molecule has 0 N–H and O–H groups in total. The first kappa shape index (κ1) is 9.57. The molecular weight excluding hydrogens is 192 g/mol. The maximum atomic E-state index is 4.22. The van der Waals surface area contributed by atoms with Crippen molar-refractivity contribution in [2.75, 3.05) is 21.1 Å². The summed E-state index contributed by atoms with van der Waals surface area (Å²) in [5.41, 5.74) is 1.48. The molecule has 78 valence electrons. The van der Waals surface area contributed by atoms with Gasteiger partial charge >= 0.3 is 0 Å². The first-order chi connectivity index (χ1) is 7.24. The highest BCUT2D eigenvalue weighted by Gasteiger charge is 2.11. The Morgan fingerprint density at radius 1 is 1.47 bits per heavy atom. The molecule has 0 bridgehead atoms. The molecule has 15 heavy (non-hydrogen) atoms. The molecular formula is C9H12N6. The van der Waals surface area contributed by atoms with Gasteiger partial charge in [-0.15, -0.1) is 5.10 Å². The van der Waals surface area contributed by atoms with E-state index in [2.05, 4.69) is 20.3 Å². The van der Waals surface area contributed by atoms with Gasteiger partial charge in [-0.3, -0.25) is 4.99 Å². The Kier molecular flexibility index (Phi) is 2.32. The van der Waals surface area contributed by atoms with Gasteiger partial charge in [0.2, 0.25) is 5.96 Å². The van der Waals surface area contributed by atoms with Gasteiger partial charge in [-0.25, -0.2) is 4.98 Å². The Bertz CT molecular complexity index is 498. The van der Waals surface area contributed by atoms with E-state index >= 15 is 0 Å². The van der Waals surface area contributed by atoms with Crippen LogP contribution in [-0.2, 0) is 0 Å². The van der Waals surface area contributed by atoms with Gasteiger partial charge in [-0.2, -0.15) is 4.68 Å². The van der Waals surface area contributed by atoms with Crippen molar-refractivity contribution in [3.63, 3.8) is 0 Å². The molecule has 2 aromatic heterocycles. The molecule has 0 fully saturated rings. The minimum absolute atomic E-state index is 0.705. The molecule has 0 saturated heterocycles. The minimum atomic E-state index is 0.705. The van der Waals surface area contributed by atoms with E-state index < -0.39 is 0 Å². The summed E-state index contributed by atoms with van der Waals surface area (Å²) in [7, 11) is 5.52. The molecule has 0 atom stereocenters. The quantitative estimate of drug-likeness (QED) is 0.455. The van der Waals surface area contributed by atoms with Crippen LogP contribution in [0.2, 0.25) is 0 Å². The van der Waals surface area contributed by atoms with E-state index in [1.165, 1.54) is 0 Å². The van der Waals surface area contributed by atoms with Crippen molar-refractivity contribution in [2.45, 2.75) is 0 Å². The zero-order chi connectivity index (χ0) is 10.8. The van der Waals surface area contributed by atoms with E-state index in [1.807, 2.05) is 31.1 Å². The van der Waals surface area contributed by atoms with Crippen molar-refractivity contribution in [2.24, 2.45) is 4.99 Å². The van der Waals surface area contributed by atoms with Crippen LogP contribution >= 0.6 is 0 Å². The van der Waals surface area contributed by atoms with E-state index in [1.54, 1.807) is 17.9 Å². The predicted molar refractivity (Wildman–Crippen MR) is 57.8 cm³/mol. The van der Waals surface area contributed by atoms with Gasteiger partial charge in [0, 0.05) is 27.3 Å². The maximum Gasteiger partial charge on any atom is 0.224 e. The van der Waals surface area contributed by atoms with Crippen LogP contribution < -0.4 is 0 Å². The molecule has 0 aliphatic carbocycles. The number of hydrogen-bond acceptors (Lipinski definition) is 4. The number of hydrogen-bond donors (Lipinski definition) is 0. The van der Waals surface area contributed by atoms with Crippen LogP contribution in [0.4, 0.5) is 0 Å². The second kappa shape index (κ2) is 3.64. The lowest BCUT2D eigenvalue weighted by Gasteiger charge is -2.13. The Morgan fingerprint density at radius 2 is 2.27 bits per heavy atom. The Morgan fingerprint density at radius 3 is 2.93 bits per heavy atom. The standard InChI is InChI=1S/C9H12N6/c1-10-9(14(2)3)15-8-7(12-13-15)5-4-6-11-8/h4-6H,1-3H3. The van der Waals surface area contributed by atoms with Gasteiger partial charge in [0.05, 0.1) is 0 Å². The van der Waals surface area contributed by atoms with E-state index in [-0.39, 0.29) is 0 Å². The summed E-state index contributed by atoms with van der Waals surface area (Å²) >= 11 is 0. The first-order valence-corrected chi connectivity index (χ1v) is 4.55. The number of pyridine rings is 1. The van der Waals surface area contributed by atoms with Crippen LogP contribution in [0.25, 0.3) is 11.2 Å². The fraction of sp³-hybridized carbons (Fsp3) is 0.333. The van der Waals surface area contributed by atoms with Crippen LogP contribution in [0.15, 0.2) is 23.3 Å². The van der Waals surface area contributed by atoms with Gasteiger partial charge in [-0.05, 0) is 12.1 Å². The topological polar surface area (TPSA) is 59.2 Å². The van der Waals surface area contributed by atoms with Gasteiger partial charge in [0.25, 0.3) is 0 Å². The summed E-state index contributed by atoms with van der Waals surface area (Å²) in [6, 6.07) is 3.70. The largest absolute Gasteiger partial charge is 0.347 e. The lowest BCUT2D eigenvalue weighted by molar-refractivity contribution is 0.578. The highest BCUT2D eigenvalue weighted by atomic mass is 15.5. The van der Waals surface area contributed by atoms with E-state index in [9.17, 15) is 0 Å². The summed E-state index contributed by atoms with van der Waals surface area (Å²) in [6.07, 6.45) is 1.71. The van der Waals surface area contributed by atoms with Crippen molar-refractivity contribution >= 4 is 17.1 Å². The number of aromatic nitrogens is 4. The van der Waals surface area contributed by atoms with Crippen LogP contribution in [0.3, 0.4) is 0 Å². The van der Waals surface area contributed by atoms with Crippen molar-refractivity contribution < 1.29 is 0 Å². The molecule has 6 nitrogen and oxygen atoms in total. The fourth-order valence-corrected chi connectivity index (χ4v) is 1.38. The monoisotopic (exact) mass is 204 g/mol. The first-order valence-electron chi connectivity index (χ1n) is 4.55. The molecule has 0 saturated carbocycles. The van der Waals surface area contributed by atoms with Crippen molar-refractivity contribution in [1.29, 1.82) is 0 Å². The maximum absolute atomic E-state index is 4.22. The van der Waals surface area contributed by atoms with Crippen LogP contribution in [-0.4, -0.2) is 52.0 Å². The molecule has 0 aliphatic rings. The molecule has 2 rings (SSSR count). The summed E-state index contributed by atoms with van der Waals surface area (Å²) < 4.78 is 1.62. The van der Waals surface area contributed by atoms with Crippen molar-refractivity contribution in [3.05, 3.63) is 18.3 Å². The molecule has 0 amide bonds. The van der Waals surface area contributed by atoms with Crippen LogP contribution in [0.1, 0.15) is 0 Å². The smallest absolute Gasteiger partial charge is 0.224 e. The molecule has 0 radical (unpaired) electrons. The number of rotatable bonds is 0. The fourth-order valence-electron chi connectivity index (χ4n) is 1.38. The average molecular weight is 204 g/mol. The van der Waals surface area contributed by atoms with Gasteiger partial charge in [0.1, 0.15) is 5.52 Å². The van der Waals surface area contributed by atoms with Gasteiger partial charge < -0.3 is 4.90 Å². The van der Waals surface area contributed by atoms with Gasteiger partial charge in [0.15, 0.2) is 5.65 Å². The Labute approximate surface area is 87.2 Å². The summed E-state index contributed by atoms with van der Waals surface area (Å²) in [4.78, 5) is 10.2. The summed E-state index contributed by atoms with van der Waals surface area (Å²) in [5, 5.41) is 8.03. The minimum Gasteiger partial charge on any atom is -0.347 e. The molecule has 0 unspecified atom stereocenters. The Balaban J connectivity index is 2.62. The van der Waals surface area contributed by atoms with E-state index in [0.29, 0.717) is 11.6 Å². The molecule has 0 aliphatic heterocycles. The third-order valence-electron chi connectivity index (χ3n) is 2.00. The SMILES string of the molecule is CN=C(N(C)C)n1nnc2cccnc21. The lowest BCUT2D eigenvalue weighted by atomic mass is 10.4. The molecule has 2 heterocycles. The third kappa shape index (κ3) is 1.54. The number of aliphatic imine (C=N–C) groups is 1. The predicted octanol–water partition coefficient (Wildman–Crippen LogP) is 0.222.